The summed E-state index contributed by atoms with van der Waals surface area (Å²) in [5, 5.41) is 36.0. The molecule has 0 amide bonds. The molecule has 8 nitrogen and oxygen atoms in total. The van der Waals surface area contributed by atoms with Crippen LogP contribution in [0.15, 0.2) is 24.3 Å². The Balaban J connectivity index is 1.81. The Hall–Kier alpha value is -2.54. The van der Waals surface area contributed by atoms with Gasteiger partial charge in [-0.15, -0.1) is 11.3 Å². The Labute approximate surface area is 204 Å². The van der Waals surface area contributed by atoms with E-state index in [1.54, 1.807) is 24.3 Å². The van der Waals surface area contributed by atoms with Gasteiger partial charge in [0, 0.05) is 19.1 Å². The molecule has 0 bridgehead atoms. The highest BCUT2D eigenvalue weighted by atomic mass is 32.1. The zero-order chi connectivity index (χ0) is 25.2. The number of anilines is 2. The topological polar surface area (TPSA) is 123 Å². The number of halogens is 3. The van der Waals surface area contributed by atoms with Crippen LogP contribution in [-0.2, 0) is 6.18 Å². The maximum absolute atomic E-state index is 14.3. The Kier molecular flexibility index (Phi) is 7.74. The van der Waals surface area contributed by atoms with Crippen LogP contribution in [0.2, 0.25) is 0 Å². The first-order valence-electron chi connectivity index (χ1n) is 11.6. The number of alkyl halides is 3. The monoisotopic (exact) mass is 511 g/mol. The van der Waals surface area contributed by atoms with E-state index >= 15 is 0 Å². The molecule has 5 N–H and O–H groups in total. The van der Waals surface area contributed by atoms with Crippen molar-refractivity contribution in [2.75, 3.05) is 23.8 Å². The Morgan fingerprint density at radius 1 is 1.09 bits per heavy atom. The molecule has 0 aliphatic heterocycles. The Morgan fingerprint density at radius 2 is 1.86 bits per heavy atom. The van der Waals surface area contributed by atoms with E-state index in [0.29, 0.717) is 16.8 Å². The fourth-order valence-electron chi connectivity index (χ4n) is 4.23. The van der Waals surface area contributed by atoms with Gasteiger partial charge in [0.15, 0.2) is 5.69 Å². The molecule has 1 saturated carbocycles. The number of aromatic nitrogens is 3. The minimum Gasteiger partial charge on any atom is -0.396 e. The van der Waals surface area contributed by atoms with Crippen LogP contribution in [0.5, 0.6) is 0 Å². The van der Waals surface area contributed by atoms with E-state index in [1.165, 1.54) is 0 Å². The Bertz CT molecular complexity index is 1130. The number of rotatable bonds is 9. The molecule has 12 heteroatoms. The van der Waals surface area contributed by atoms with Gasteiger partial charge in [-0.05, 0) is 25.0 Å². The number of fused-ring (bicyclic) bond motifs is 1. The summed E-state index contributed by atoms with van der Waals surface area (Å²) in [6.45, 7) is 2.07. The highest BCUT2D eigenvalue weighted by molar-refractivity contribution is 7.21. The molecule has 190 valence electrons. The third kappa shape index (κ3) is 5.50. The first-order chi connectivity index (χ1) is 16.7. The fraction of sp³-hybridized carbons (Fsp3) is 0.522. The van der Waals surface area contributed by atoms with E-state index in [2.05, 4.69) is 25.6 Å². The predicted octanol–water partition coefficient (Wildman–Crippen LogP) is 3.89. The number of unbranched alkanes of at least 4 members (excludes halogenated alkanes) is 2. The molecule has 0 radical (unpaired) electrons. The molecule has 0 spiro atoms. The highest BCUT2D eigenvalue weighted by Crippen LogP contribution is 2.43. The van der Waals surface area contributed by atoms with Gasteiger partial charge in [-0.1, -0.05) is 31.9 Å². The number of benzene rings is 1. The van der Waals surface area contributed by atoms with Crippen LogP contribution in [0.1, 0.15) is 38.3 Å². The molecule has 4 atom stereocenters. The van der Waals surface area contributed by atoms with Gasteiger partial charge in [0.2, 0.25) is 5.95 Å². The smallest absolute Gasteiger partial charge is 0.396 e. The van der Waals surface area contributed by atoms with E-state index in [-0.39, 0.29) is 35.4 Å². The number of thiazole rings is 1. The average Bonchev–Trinajstić information content (AvgIpc) is 3.37. The van der Waals surface area contributed by atoms with Gasteiger partial charge >= 0.3 is 6.18 Å². The second-order valence-corrected chi connectivity index (χ2v) is 9.68. The largest absolute Gasteiger partial charge is 0.434 e. The lowest BCUT2D eigenvalue weighted by atomic mass is 10.1. The van der Waals surface area contributed by atoms with Crippen molar-refractivity contribution < 1.29 is 28.5 Å². The van der Waals surface area contributed by atoms with Crippen molar-refractivity contribution in [1.82, 2.24) is 15.0 Å². The van der Waals surface area contributed by atoms with Gasteiger partial charge in [0.25, 0.3) is 0 Å². The van der Waals surface area contributed by atoms with E-state index < -0.39 is 36.0 Å². The van der Waals surface area contributed by atoms with Gasteiger partial charge < -0.3 is 26.0 Å². The lowest BCUT2D eigenvalue weighted by Gasteiger charge is -2.22. The number of nitrogens with one attached hydrogen (secondary N) is 2. The summed E-state index contributed by atoms with van der Waals surface area (Å²) >= 11 is 1.09. The van der Waals surface area contributed by atoms with Crippen LogP contribution in [0.3, 0.4) is 0 Å². The molecule has 1 fully saturated rings. The van der Waals surface area contributed by atoms with Gasteiger partial charge in [0.1, 0.15) is 16.9 Å². The number of para-hydroxylation sites is 1. The normalized spacial score (nSPS) is 22.6. The summed E-state index contributed by atoms with van der Waals surface area (Å²) < 4.78 is 43.5. The van der Waals surface area contributed by atoms with Crippen molar-refractivity contribution in [3.05, 3.63) is 30.0 Å². The lowest BCUT2D eigenvalue weighted by molar-refractivity contribution is -0.140. The third-order valence-electron chi connectivity index (χ3n) is 6.11. The van der Waals surface area contributed by atoms with Gasteiger partial charge in [0.05, 0.1) is 27.9 Å². The summed E-state index contributed by atoms with van der Waals surface area (Å²) in [6.07, 6.45) is -4.54. The van der Waals surface area contributed by atoms with Gasteiger partial charge in [-0.2, -0.15) is 18.2 Å². The molecular weight excluding hydrogens is 483 g/mol. The quantitative estimate of drug-likeness (QED) is 0.274. The van der Waals surface area contributed by atoms with Crippen molar-refractivity contribution in [3.8, 4) is 10.6 Å². The molecule has 2 aromatic heterocycles. The molecule has 0 saturated heterocycles. The van der Waals surface area contributed by atoms with Crippen LogP contribution in [-0.4, -0.2) is 61.7 Å². The molecule has 1 aromatic carbocycles. The second-order valence-electron chi connectivity index (χ2n) is 8.65. The number of hydrogen-bond acceptors (Lipinski definition) is 9. The summed E-state index contributed by atoms with van der Waals surface area (Å²) in [6, 6.07) is 6.19. The van der Waals surface area contributed by atoms with Crippen LogP contribution >= 0.6 is 11.3 Å². The lowest BCUT2D eigenvalue weighted by Crippen LogP contribution is -2.36. The third-order valence-corrected chi connectivity index (χ3v) is 7.16. The maximum atomic E-state index is 14.3. The Morgan fingerprint density at radius 3 is 2.51 bits per heavy atom. The minimum absolute atomic E-state index is 0.0882. The molecule has 1 aliphatic rings. The SMILES string of the molecule is CCCCCNc1nc(NC2C[C@H](CO)[C@@H](O)[C@H]2O)c(-c2nc3ccccc3s2)c(C(F)(F)F)n1. The number of hydrogen-bond donors (Lipinski definition) is 5. The molecule has 1 unspecified atom stereocenters. The summed E-state index contributed by atoms with van der Waals surface area (Å²) in [4.78, 5) is 12.6. The molecule has 1 aliphatic carbocycles. The van der Waals surface area contributed by atoms with E-state index in [0.717, 1.165) is 30.6 Å². The van der Waals surface area contributed by atoms with Crippen LogP contribution in [0.25, 0.3) is 20.8 Å². The number of aliphatic hydroxyl groups is 3. The van der Waals surface area contributed by atoms with Crippen LogP contribution in [0.4, 0.5) is 24.9 Å². The zero-order valence-corrected chi connectivity index (χ0v) is 19.9. The molecule has 4 rings (SSSR count). The molecule has 2 heterocycles. The average molecular weight is 512 g/mol. The summed E-state index contributed by atoms with van der Waals surface area (Å²) in [5.74, 6) is -0.935. The van der Waals surface area contributed by atoms with E-state index in [4.69, 9.17) is 0 Å². The zero-order valence-electron chi connectivity index (χ0n) is 19.1. The maximum Gasteiger partial charge on any atom is 0.434 e. The van der Waals surface area contributed by atoms with Crippen LogP contribution in [0, 0.1) is 5.92 Å². The van der Waals surface area contributed by atoms with E-state index in [9.17, 15) is 28.5 Å². The predicted molar refractivity (Wildman–Crippen MR) is 128 cm³/mol. The van der Waals surface area contributed by atoms with Crippen molar-refractivity contribution in [3.63, 3.8) is 0 Å². The number of aliphatic hydroxyl groups excluding tert-OH is 3. The molecular formula is C23H28F3N5O3S. The van der Waals surface area contributed by atoms with Crippen molar-refractivity contribution >= 4 is 33.3 Å². The van der Waals surface area contributed by atoms with Crippen molar-refractivity contribution in [2.45, 2.75) is 57.0 Å². The van der Waals surface area contributed by atoms with Gasteiger partial charge in [-0.25, -0.2) is 9.97 Å². The fourth-order valence-corrected chi connectivity index (χ4v) is 5.24. The first kappa shape index (κ1) is 25.5. The van der Waals surface area contributed by atoms with E-state index in [1.807, 2.05) is 6.92 Å². The number of nitrogens with zero attached hydrogens (tertiary/aromatic N) is 3. The van der Waals surface area contributed by atoms with Crippen molar-refractivity contribution in [1.29, 1.82) is 0 Å². The summed E-state index contributed by atoms with van der Waals surface area (Å²) in [7, 11) is 0. The highest BCUT2D eigenvalue weighted by Gasteiger charge is 2.43. The van der Waals surface area contributed by atoms with Gasteiger partial charge in [-0.3, -0.25) is 0 Å². The van der Waals surface area contributed by atoms with Crippen LogP contribution < -0.4 is 10.6 Å². The molecule has 3 aromatic rings. The molecule has 35 heavy (non-hydrogen) atoms. The van der Waals surface area contributed by atoms with Crippen molar-refractivity contribution in [2.24, 2.45) is 5.92 Å². The second kappa shape index (κ2) is 10.6. The minimum atomic E-state index is -4.80. The standard InChI is InChI=1S/C23H28F3N5O3S/c1-2-3-6-9-27-22-30-19(23(24,25)26)16(21-29-13-7-4-5-8-15(13)35-21)20(31-22)28-14-10-12(11-32)17(33)18(14)34/h4-5,7-8,12,14,17-18,32-34H,2-3,6,9-11H2,1H3,(H2,27,28,30,31)/t12-,14?,17-,18+/m1/s1. The summed E-state index contributed by atoms with van der Waals surface area (Å²) in [5.41, 5.74) is -0.907. The first-order valence-corrected chi connectivity index (χ1v) is 12.4.